The van der Waals surface area contributed by atoms with Crippen LogP contribution in [0.25, 0.3) is 0 Å². The molecular formula is C11H7Cl3N2O. The monoisotopic (exact) mass is 288 g/mol. The van der Waals surface area contributed by atoms with Crippen molar-refractivity contribution < 1.29 is 4.74 Å². The second-order valence-corrected chi connectivity index (χ2v) is 4.50. The topological polar surface area (TPSA) is 48.1 Å². The highest BCUT2D eigenvalue weighted by atomic mass is 35.5. The van der Waals surface area contributed by atoms with Crippen LogP contribution in [0.1, 0.15) is 0 Å². The maximum absolute atomic E-state index is 5.93. The number of benzene rings is 1. The van der Waals surface area contributed by atoms with E-state index in [0.717, 1.165) is 0 Å². The molecule has 0 unspecified atom stereocenters. The maximum atomic E-state index is 5.93. The molecule has 0 aliphatic rings. The smallest absolute Gasteiger partial charge is 0.238 e. The summed E-state index contributed by atoms with van der Waals surface area (Å²) >= 11 is 17.5. The fourth-order valence-electron chi connectivity index (χ4n) is 1.18. The standard InChI is InChI=1S/C11H7Cl3N2O/c12-6-1-2-9(15)10(4-6)17-11-8(14)3-7(13)5-16-11/h1-5H,15H2. The number of aromatic nitrogens is 1. The van der Waals surface area contributed by atoms with Gasteiger partial charge in [-0.1, -0.05) is 34.8 Å². The Kier molecular flexibility index (Phi) is 3.62. The van der Waals surface area contributed by atoms with Crippen molar-refractivity contribution in [3.63, 3.8) is 0 Å². The van der Waals surface area contributed by atoms with Gasteiger partial charge in [0, 0.05) is 17.3 Å². The van der Waals surface area contributed by atoms with Crippen molar-refractivity contribution in [2.75, 3.05) is 5.73 Å². The molecule has 0 amide bonds. The first-order valence-corrected chi connectivity index (χ1v) is 5.73. The molecule has 1 aromatic heterocycles. The Morgan fingerprint density at radius 1 is 1.06 bits per heavy atom. The van der Waals surface area contributed by atoms with Gasteiger partial charge in [0.2, 0.25) is 5.88 Å². The lowest BCUT2D eigenvalue weighted by atomic mass is 10.3. The molecule has 0 aliphatic carbocycles. The number of anilines is 1. The molecule has 0 bridgehead atoms. The third kappa shape index (κ3) is 2.94. The molecule has 0 atom stereocenters. The van der Waals surface area contributed by atoms with Crippen LogP contribution < -0.4 is 10.5 Å². The van der Waals surface area contributed by atoms with Crippen LogP contribution in [0.15, 0.2) is 30.5 Å². The van der Waals surface area contributed by atoms with E-state index in [4.69, 9.17) is 45.3 Å². The second kappa shape index (κ2) is 5.00. The molecule has 6 heteroatoms. The van der Waals surface area contributed by atoms with Crippen molar-refractivity contribution in [1.82, 2.24) is 4.98 Å². The maximum Gasteiger partial charge on any atom is 0.238 e. The van der Waals surface area contributed by atoms with E-state index in [-0.39, 0.29) is 5.88 Å². The normalized spacial score (nSPS) is 10.3. The van der Waals surface area contributed by atoms with Gasteiger partial charge in [-0.05, 0) is 18.2 Å². The first-order valence-electron chi connectivity index (χ1n) is 4.60. The van der Waals surface area contributed by atoms with Crippen molar-refractivity contribution in [3.8, 4) is 11.6 Å². The lowest BCUT2D eigenvalue weighted by Gasteiger charge is -2.09. The summed E-state index contributed by atoms with van der Waals surface area (Å²) in [6.07, 6.45) is 1.43. The number of hydrogen-bond donors (Lipinski definition) is 1. The molecule has 2 aromatic rings. The van der Waals surface area contributed by atoms with Crippen LogP contribution in [-0.2, 0) is 0 Å². The predicted octanol–water partition coefficient (Wildman–Crippen LogP) is 4.42. The van der Waals surface area contributed by atoms with Crippen molar-refractivity contribution in [3.05, 3.63) is 45.5 Å². The highest BCUT2D eigenvalue weighted by Crippen LogP contribution is 2.33. The molecule has 0 aliphatic heterocycles. The number of rotatable bonds is 2. The zero-order valence-electron chi connectivity index (χ0n) is 8.45. The first kappa shape index (κ1) is 12.3. The van der Waals surface area contributed by atoms with Gasteiger partial charge in [-0.25, -0.2) is 4.98 Å². The van der Waals surface area contributed by atoms with Crippen molar-refractivity contribution in [1.29, 1.82) is 0 Å². The summed E-state index contributed by atoms with van der Waals surface area (Å²) in [5, 5.41) is 1.25. The third-order valence-corrected chi connectivity index (χ3v) is 2.67. The molecule has 0 saturated heterocycles. The molecule has 0 fully saturated rings. The van der Waals surface area contributed by atoms with Crippen molar-refractivity contribution in [2.24, 2.45) is 0 Å². The molecule has 17 heavy (non-hydrogen) atoms. The predicted molar refractivity (Wildman–Crippen MR) is 70.2 cm³/mol. The van der Waals surface area contributed by atoms with Crippen LogP contribution in [-0.4, -0.2) is 4.98 Å². The van der Waals surface area contributed by atoms with E-state index in [1.807, 2.05) is 0 Å². The SMILES string of the molecule is Nc1ccc(Cl)cc1Oc1ncc(Cl)cc1Cl. The van der Waals surface area contributed by atoms with Crippen LogP contribution in [0.4, 0.5) is 5.69 Å². The molecule has 0 radical (unpaired) electrons. The van der Waals surface area contributed by atoms with Gasteiger partial charge in [-0.2, -0.15) is 0 Å². The summed E-state index contributed by atoms with van der Waals surface area (Å²) in [6.45, 7) is 0. The molecule has 3 nitrogen and oxygen atoms in total. The van der Waals surface area contributed by atoms with E-state index < -0.39 is 0 Å². The van der Waals surface area contributed by atoms with E-state index in [1.54, 1.807) is 18.2 Å². The fraction of sp³-hybridized carbons (Fsp3) is 0. The molecular weight excluding hydrogens is 282 g/mol. The Morgan fingerprint density at radius 3 is 2.53 bits per heavy atom. The number of ether oxygens (including phenoxy) is 1. The minimum atomic E-state index is 0.227. The van der Waals surface area contributed by atoms with Crippen LogP contribution in [0.3, 0.4) is 0 Å². The first-order chi connectivity index (χ1) is 8.06. The molecule has 2 rings (SSSR count). The largest absolute Gasteiger partial charge is 0.435 e. The van der Waals surface area contributed by atoms with Gasteiger partial charge in [0.1, 0.15) is 5.02 Å². The second-order valence-electron chi connectivity index (χ2n) is 3.22. The van der Waals surface area contributed by atoms with Crippen molar-refractivity contribution >= 4 is 40.5 Å². The molecule has 88 valence electrons. The van der Waals surface area contributed by atoms with E-state index in [9.17, 15) is 0 Å². The molecule has 0 spiro atoms. The van der Waals surface area contributed by atoms with Gasteiger partial charge >= 0.3 is 0 Å². The Hall–Kier alpha value is -1.16. The number of halogens is 3. The minimum Gasteiger partial charge on any atom is -0.435 e. The number of hydrogen-bond acceptors (Lipinski definition) is 3. The zero-order chi connectivity index (χ0) is 12.4. The summed E-state index contributed by atoms with van der Waals surface area (Å²) < 4.78 is 5.46. The summed E-state index contributed by atoms with van der Waals surface area (Å²) in [4.78, 5) is 3.96. The van der Waals surface area contributed by atoms with Gasteiger partial charge in [0.25, 0.3) is 0 Å². The Balaban J connectivity index is 2.34. The van der Waals surface area contributed by atoms with Crippen molar-refractivity contribution in [2.45, 2.75) is 0 Å². The highest BCUT2D eigenvalue weighted by Gasteiger charge is 2.08. The van der Waals surface area contributed by atoms with E-state index in [2.05, 4.69) is 4.98 Å². The zero-order valence-corrected chi connectivity index (χ0v) is 10.7. The molecule has 1 heterocycles. The van der Waals surface area contributed by atoms with Crippen LogP contribution in [0, 0.1) is 0 Å². The van der Waals surface area contributed by atoms with Crippen LogP contribution >= 0.6 is 34.8 Å². The fourth-order valence-corrected chi connectivity index (χ4v) is 1.76. The van der Waals surface area contributed by atoms with E-state index in [0.29, 0.717) is 26.5 Å². The van der Waals surface area contributed by atoms with Gasteiger partial charge in [-0.15, -0.1) is 0 Å². The number of nitrogen functional groups attached to an aromatic ring is 1. The Bertz CT molecular complexity index is 560. The lowest BCUT2D eigenvalue weighted by Crippen LogP contribution is -1.94. The summed E-state index contributed by atoms with van der Waals surface area (Å²) in [6, 6.07) is 6.43. The number of nitrogens with two attached hydrogens (primary N) is 1. The van der Waals surface area contributed by atoms with Crippen LogP contribution in [0.5, 0.6) is 11.6 Å². The third-order valence-electron chi connectivity index (χ3n) is 1.96. The lowest BCUT2D eigenvalue weighted by molar-refractivity contribution is 0.465. The number of pyridine rings is 1. The molecule has 2 N–H and O–H groups in total. The Labute approximate surface area is 113 Å². The summed E-state index contributed by atoms with van der Waals surface area (Å²) in [5.41, 5.74) is 6.18. The number of nitrogens with zero attached hydrogens (tertiary/aromatic N) is 1. The molecule has 1 aromatic carbocycles. The van der Waals surface area contributed by atoms with Gasteiger partial charge < -0.3 is 10.5 Å². The highest BCUT2D eigenvalue weighted by molar-refractivity contribution is 6.35. The Morgan fingerprint density at radius 2 is 1.82 bits per heavy atom. The van der Waals surface area contributed by atoms with E-state index in [1.165, 1.54) is 12.3 Å². The van der Waals surface area contributed by atoms with Gasteiger partial charge in [0.15, 0.2) is 5.75 Å². The summed E-state index contributed by atoms with van der Waals surface area (Å²) in [7, 11) is 0. The van der Waals surface area contributed by atoms with Gasteiger partial charge in [0.05, 0.1) is 10.7 Å². The quantitative estimate of drug-likeness (QED) is 0.833. The van der Waals surface area contributed by atoms with E-state index >= 15 is 0 Å². The van der Waals surface area contributed by atoms with Crippen LogP contribution in [0.2, 0.25) is 15.1 Å². The average Bonchev–Trinajstić information content (AvgIpc) is 2.27. The minimum absolute atomic E-state index is 0.227. The molecule has 0 saturated carbocycles. The average molecular weight is 290 g/mol. The van der Waals surface area contributed by atoms with Gasteiger partial charge in [-0.3, -0.25) is 0 Å². The summed E-state index contributed by atoms with van der Waals surface area (Å²) in [5.74, 6) is 0.624.